The van der Waals surface area contributed by atoms with E-state index in [1.807, 2.05) is 61.5 Å². The fourth-order valence-corrected chi connectivity index (χ4v) is 3.23. The van der Waals surface area contributed by atoms with E-state index >= 15 is 0 Å². The van der Waals surface area contributed by atoms with Gasteiger partial charge in [-0.15, -0.1) is 0 Å². The van der Waals surface area contributed by atoms with Gasteiger partial charge in [-0.05, 0) is 31.5 Å². The van der Waals surface area contributed by atoms with Crippen LogP contribution in [-0.2, 0) is 16.9 Å². The van der Waals surface area contributed by atoms with Crippen LogP contribution in [0.5, 0.6) is 0 Å². The summed E-state index contributed by atoms with van der Waals surface area (Å²) in [7, 11) is 0. The van der Waals surface area contributed by atoms with E-state index in [-0.39, 0.29) is 12.5 Å². The molecule has 0 aliphatic carbocycles. The maximum absolute atomic E-state index is 13.0. The van der Waals surface area contributed by atoms with Crippen LogP contribution < -0.4 is 5.32 Å². The lowest BCUT2D eigenvalue weighted by Crippen LogP contribution is -2.40. The highest BCUT2D eigenvalue weighted by Crippen LogP contribution is 2.29. The van der Waals surface area contributed by atoms with Gasteiger partial charge in [0.15, 0.2) is 0 Å². The van der Waals surface area contributed by atoms with Gasteiger partial charge in [-0.25, -0.2) is 14.8 Å². The van der Waals surface area contributed by atoms with Crippen LogP contribution in [0.1, 0.15) is 23.9 Å². The average Bonchev–Trinajstić information content (AvgIpc) is 2.87. The van der Waals surface area contributed by atoms with Gasteiger partial charge in [-0.1, -0.05) is 42.5 Å². The summed E-state index contributed by atoms with van der Waals surface area (Å²) in [5.74, 6) is -0.289. The summed E-state index contributed by atoms with van der Waals surface area (Å²) in [5, 5.41) is 2.81. The van der Waals surface area contributed by atoms with Gasteiger partial charge in [-0.3, -0.25) is 9.69 Å². The van der Waals surface area contributed by atoms with Gasteiger partial charge in [0.1, 0.15) is 5.54 Å². The number of aromatic nitrogens is 2. The van der Waals surface area contributed by atoms with Gasteiger partial charge < -0.3 is 5.32 Å². The van der Waals surface area contributed by atoms with Crippen molar-refractivity contribution in [2.24, 2.45) is 0 Å². The van der Waals surface area contributed by atoms with Gasteiger partial charge in [-0.2, -0.15) is 0 Å². The third-order valence-electron chi connectivity index (χ3n) is 4.78. The smallest absolute Gasteiger partial charge is 0.319 e. The van der Waals surface area contributed by atoms with Crippen molar-refractivity contribution in [3.05, 3.63) is 71.5 Å². The molecule has 1 aromatic heterocycles. The molecule has 1 fully saturated rings. The van der Waals surface area contributed by atoms with E-state index in [2.05, 4.69) is 15.3 Å². The lowest BCUT2D eigenvalue weighted by atomic mass is 9.92. The van der Waals surface area contributed by atoms with Crippen LogP contribution in [0.2, 0.25) is 0 Å². The topological polar surface area (TPSA) is 75.2 Å². The zero-order chi connectivity index (χ0) is 18.3. The van der Waals surface area contributed by atoms with Crippen molar-refractivity contribution in [2.45, 2.75) is 25.9 Å². The molecule has 0 radical (unpaired) electrons. The van der Waals surface area contributed by atoms with Crippen LogP contribution in [0.25, 0.3) is 11.0 Å². The number of nitrogens with zero attached hydrogens (tertiary/aromatic N) is 3. The second-order valence-electron chi connectivity index (χ2n) is 6.56. The Balaban J connectivity index is 1.68. The Morgan fingerprint density at radius 1 is 0.962 bits per heavy atom. The van der Waals surface area contributed by atoms with Crippen molar-refractivity contribution in [2.75, 3.05) is 0 Å². The molecule has 1 saturated heterocycles. The van der Waals surface area contributed by atoms with E-state index in [9.17, 15) is 9.59 Å². The van der Waals surface area contributed by atoms with Gasteiger partial charge >= 0.3 is 6.03 Å². The highest BCUT2D eigenvalue weighted by molar-refractivity contribution is 6.07. The van der Waals surface area contributed by atoms with Crippen molar-refractivity contribution in [3.63, 3.8) is 0 Å². The Morgan fingerprint density at radius 3 is 2.27 bits per heavy atom. The monoisotopic (exact) mass is 346 g/mol. The summed E-state index contributed by atoms with van der Waals surface area (Å²) in [4.78, 5) is 35.8. The van der Waals surface area contributed by atoms with Gasteiger partial charge in [0.2, 0.25) is 0 Å². The number of carbonyl (C=O) groups excluding carboxylic acids is 2. The maximum Gasteiger partial charge on any atom is 0.325 e. The van der Waals surface area contributed by atoms with Crippen LogP contribution in [0.4, 0.5) is 4.79 Å². The molecule has 1 N–H and O–H groups in total. The number of urea groups is 1. The average molecular weight is 346 g/mol. The molecule has 0 spiro atoms. The second-order valence-corrected chi connectivity index (χ2v) is 6.56. The number of hydrogen-bond donors (Lipinski definition) is 1. The second kappa shape index (κ2) is 5.91. The van der Waals surface area contributed by atoms with Crippen molar-refractivity contribution >= 4 is 23.0 Å². The number of imide groups is 1. The minimum absolute atomic E-state index is 0.0940. The first-order chi connectivity index (χ1) is 12.5. The SMILES string of the molecule is Cc1nc2ccccc2nc1CN1C(=O)NC(C)(c2ccccc2)C1=O. The lowest BCUT2D eigenvalue weighted by Gasteiger charge is -2.22. The van der Waals surface area contributed by atoms with E-state index in [4.69, 9.17) is 0 Å². The number of para-hydroxylation sites is 2. The lowest BCUT2D eigenvalue weighted by molar-refractivity contribution is -0.131. The number of nitrogens with one attached hydrogen (secondary N) is 1. The van der Waals surface area contributed by atoms with Crippen molar-refractivity contribution < 1.29 is 9.59 Å². The number of benzene rings is 2. The van der Waals surface area contributed by atoms with Gasteiger partial charge in [0.25, 0.3) is 5.91 Å². The number of fused-ring (bicyclic) bond motifs is 1. The maximum atomic E-state index is 13.0. The number of hydrogen-bond acceptors (Lipinski definition) is 4. The van der Waals surface area contributed by atoms with Crippen LogP contribution >= 0.6 is 0 Å². The first-order valence-electron chi connectivity index (χ1n) is 8.41. The predicted molar refractivity (Wildman–Crippen MR) is 97.2 cm³/mol. The molecule has 1 unspecified atom stereocenters. The summed E-state index contributed by atoms with van der Waals surface area (Å²) < 4.78 is 0. The fraction of sp³-hybridized carbons (Fsp3) is 0.200. The minimum Gasteiger partial charge on any atom is -0.319 e. The Kier molecular flexibility index (Phi) is 3.68. The normalized spacial score (nSPS) is 19.8. The van der Waals surface area contributed by atoms with Crippen LogP contribution in [-0.4, -0.2) is 26.8 Å². The van der Waals surface area contributed by atoms with E-state index in [0.717, 1.165) is 16.6 Å². The first kappa shape index (κ1) is 16.2. The Hall–Kier alpha value is -3.28. The minimum atomic E-state index is -1.07. The zero-order valence-electron chi connectivity index (χ0n) is 14.6. The molecule has 130 valence electrons. The summed E-state index contributed by atoms with van der Waals surface area (Å²) >= 11 is 0. The molecule has 3 aromatic rings. The Bertz CT molecular complexity index is 1020. The largest absolute Gasteiger partial charge is 0.325 e. The molecule has 6 heteroatoms. The van der Waals surface area contributed by atoms with Gasteiger partial charge in [0.05, 0.1) is 29.0 Å². The Morgan fingerprint density at radius 2 is 1.58 bits per heavy atom. The van der Waals surface area contributed by atoms with Crippen LogP contribution in [0.15, 0.2) is 54.6 Å². The molecule has 0 saturated carbocycles. The molecular formula is C20H18N4O2. The first-order valence-corrected chi connectivity index (χ1v) is 8.41. The van der Waals surface area contributed by atoms with Crippen molar-refractivity contribution in [1.29, 1.82) is 0 Å². The van der Waals surface area contributed by atoms with E-state index in [1.165, 1.54) is 4.90 Å². The standard InChI is InChI=1S/C20H18N4O2/c1-13-17(22-16-11-7-6-10-15(16)21-13)12-24-18(25)20(2,23-19(24)26)14-8-4-3-5-9-14/h3-11H,12H2,1-2H3,(H,23,26). The third kappa shape index (κ3) is 2.50. The number of carbonyl (C=O) groups is 2. The molecule has 1 aliphatic heterocycles. The highest BCUT2D eigenvalue weighted by Gasteiger charge is 2.49. The molecule has 4 rings (SSSR count). The molecular weight excluding hydrogens is 328 g/mol. The summed E-state index contributed by atoms with van der Waals surface area (Å²) in [6, 6.07) is 16.4. The van der Waals surface area contributed by atoms with Crippen molar-refractivity contribution in [3.8, 4) is 0 Å². The van der Waals surface area contributed by atoms with Gasteiger partial charge in [0, 0.05) is 0 Å². The van der Waals surface area contributed by atoms with Crippen molar-refractivity contribution in [1.82, 2.24) is 20.2 Å². The van der Waals surface area contributed by atoms with E-state index in [0.29, 0.717) is 11.4 Å². The number of amides is 3. The summed E-state index contributed by atoms with van der Waals surface area (Å²) in [6.45, 7) is 3.65. The Labute approximate surface area is 150 Å². The highest BCUT2D eigenvalue weighted by atomic mass is 16.2. The summed E-state index contributed by atoms with van der Waals surface area (Å²) in [6.07, 6.45) is 0. The molecule has 0 bridgehead atoms. The molecule has 2 aromatic carbocycles. The molecule has 1 aliphatic rings. The number of aryl methyl sites for hydroxylation is 1. The molecule has 3 amide bonds. The quantitative estimate of drug-likeness (QED) is 0.740. The zero-order valence-corrected chi connectivity index (χ0v) is 14.6. The number of rotatable bonds is 3. The fourth-order valence-electron chi connectivity index (χ4n) is 3.23. The molecule has 2 heterocycles. The summed E-state index contributed by atoms with van der Waals surface area (Å²) in [5.41, 5.74) is 2.53. The van der Waals surface area contributed by atoms with E-state index in [1.54, 1.807) is 6.92 Å². The predicted octanol–water partition coefficient (Wildman–Crippen LogP) is 2.91. The molecule has 26 heavy (non-hydrogen) atoms. The molecule has 6 nitrogen and oxygen atoms in total. The van der Waals surface area contributed by atoms with Crippen LogP contribution in [0.3, 0.4) is 0 Å². The third-order valence-corrected chi connectivity index (χ3v) is 4.78. The van der Waals surface area contributed by atoms with E-state index < -0.39 is 11.6 Å². The molecule has 1 atom stereocenters. The van der Waals surface area contributed by atoms with Crippen LogP contribution in [0, 0.1) is 6.92 Å².